The van der Waals surface area contributed by atoms with Crippen LogP contribution >= 0.6 is 0 Å². The van der Waals surface area contributed by atoms with Gasteiger partial charge in [-0.15, -0.1) is 0 Å². The molecule has 0 unspecified atom stereocenters. The van der Waals surface area contributed by atoms with Crippen molar-refractivity contribution < 1.29 is 13.8 Å². The van der Waals surface area contributed by atoms with Crippen LogP contribution in [-0.4, -0.2) is 25.8 Å². The zero-order valence-electron chi connectivity index (χ0n) is 11.5. The molecule has 22 heavy (non-hydrogen) atoms. The van der Waals surface area contributed by atoms with Crippen molar-refractivity contribution in [2.45, 2.75) is 13.5 Å². The van der Waals surface area contributed by atoms with E-state index in [-0.39, 0.29) is 18.2 Å². The molecule has 3 aromatic heterocycles. The first-order valence-corrected chi connectivity index (χ1v) is 6.33. The van der Waals surface area contributed by atoms with Crippen LogP contribution in [0.25, 0.3) is 11.4 Å². The van der Waals surface area contributed by atoms with Gasteiger partial charge in [0.25, 0.3) is 0 Å². The van der Waals surface area contributed by atoms with Gasteiger partial charge >= 0.3 is 5.76 Å². The molecule has 0 spiro atoms. The normalized spacial score (nSPS) is 10.6. The minimum absolute atomic E-state index is 0.226. The van der Waals surface area contributed by atoms with Gasteiger partial charge in [-0.25, -0.2) is 9.36 Å². The number of amides is 1. The summed E-state index contributed by atoms with van der Waals surface area (Å²) in [6.45, 7) is 1.44. The quantitative estimate of drug-likeness (QED) is 0.758. The van der Waals surface area contributed by atoms with E-state index >= 15 is 0 Å². The third-order valence-electron chi connectivity index (χ3n) is 2.80. The van der Waals surface area contributed by atoms with Crippen molar-refractivity contribution in [1.29, 1.82) is 0 Å². The van der Waals surface area contributed by atoms with Crippen molar-refractivity contribution in [3.05, 3.63) is 46.9 Å². The number of nitrogens with one attached hydrogen (secondary N) is 1. The SMILES string of the molecule is Cc1cc(NC(=O)Cn2c(-c3cccnc3)noc2=O)no1. The Hall–Kier alpha value is -3.23. The van der Waals surface area contributed by atoms with Crippen molar-refractivity contribution in [1.82, 2.24) is 19.9 Å². The second-order valence-electron chi connectivity index (χ2n) is 4.47. The molecule has 3 rings (SSSR count). The first kappa shape index (κ1) is 13.7. The van der Waals surface area contributed by atoms with Crippen LogP contribution in [0, 0.1) is 6.92 Å². The third kappa shape index (κ3) is 2.77. The molecule has 0 aliphatic heterocycles. The van der Waals surface area contributed by atoms with Crippen LogP contribution in [-0.2, 0) is 11.3 Å². The molecule has 3 aromatic rings. The number of aromatic nitrogens is 4. The van der Waals surface area contributed by atoms with Crippen molar-refractivity contribution >= 4 is 11.7 Å². The molecule has 9 heteroatoms. The molecule has 1 amide bonds. The average molecular weight is 301 g/mol. The maximum atomic E-state index is 12.0. The summed E-state index contributed by atoms with van der Waals surface area (Å²) in [6.07, 6.45) is 3.11. The van der Waals surface area contributed by atoms with E-state index in [1.807, 2.05) is 0 Å². The van der Waals surface area contributed by atoms with E-state index in [1.165, 1.54) is 6.20 Å². The van der Waals surface area contributed by atoms with Gasteiger partial charge in [-0.1, -0.05) is 10.3 Å². The van der Waals surface area contributed by atoms with Gasteiger partial charge in [0.2, 0.25) is 5.91 Å². The van der Waals surface area contributed by atoms with Crippen LogP contribution in [0.4, 0.5) is 5.82 Å². The Morgan fingerprint density at radius 2 is 2.23 bits per heavy atom. The van der Waals surface area contributed by atoms with Gasteiger partial charge < -0.3 is 9.84 Å². The summed E-state index contributed by atoms with van der Waals surface area (Å²) in [5.74, 6) is -0.123. The van der Waals surface area contributed by atoms with Crippen LogP contribution in [0.15, 0.2) is 44.4 Å². The molecule has 112 valence electrons. The van der Waals surface area contributed by atoms with E-state index in [4.69, 9.17) is 4.52 Å². The fraction of sp³-hybridized carbons (Fsp3) is 0.154. The van der Waals surface area contributed by atoms with Gasteiger partial charge in [-0.3, -0.25) is 14.3 Å². The summed E-state index contributed by atoms with van der Waals surface area (Å²) in [7, 11) is 0. The van der Waals surface area contributed by atoms with E-state index in [2.05, 4.69) is 25.1 Å². The predicted octanol–water partition coefficient (Wildman–Crippen LogP) is 0.833. The molecule has 0 radical (unpaired) electrons. The van der Waals surface area contributed by atoms with E-state index in [9.17, 15) is 9.59 Å². The number of carbonyl (C=O) groups is 1. The first-order chi connectivity index (χ1) is 10.6. The van der Waals surface area contributed by atoms with Gasteiger partial charge in [-0.05, 0) is 19.1 Å². The largest absolute Gasteiger partial charge is 0.442 e. The zero-order chi connectivity index (χ0) is 15.5. The molecule has 9 nitrogen and oxygen atoms in total. The summed E-state index contributed by atoms with van der Waals surface area (Å²) < 4.78 is 10.6. The van der Waals surface area contributed by atoms with Crippen LogP contribution in [0.1, 0.15) is 5.76 Å². The number of hydrogen-bond acceptors (Lipinski definition) is 7. The molecular formula is C13H11N5O4. The third-order valence-corrected chi connectivity index (χ3v) is 2.80. The number of anilines is 1. The summed E-state index contributed by atoms with van der Waals surface area (Å²) in [5.41, 5.74) is 0.568. The molecule has 0 atom stereocenters. The van der Waals surface area contributed by atoms with E-state index in [1.54, 1.807) is 31.3 Å². The monoisotopic (exact) mass is 301 g/mol. The molecule has 0 aromatic carbocycles. The van der Waals surface area contributed by atoms with E-state index < -0.39 is 11.7 Å². The van der Waals surface area contributed by atoms with Gasteiger partial charge in [0.1, 0.15) is 12.3 Å². The fourth-order valence-corrected chi connectivity index (χ4v) is 1.86. The highest BCUT2D eigenvalue weighted by Gasteiger charge is 2.16. The van der Waals surface area contributed by atoms with Crippen LogP contribution < -0.4 is 11.1 Å². The average Bonchev–Trinajstić information content (AvgIpc) is 3.07. The molecular weight excluding hydrogens is 290 g/mol. The maximum absolute atomic E-state index is 12.0. The Morgan fingerprint density at radius 3 is 2.91 bits per heavy atom. The van der Waals surface area contributed by atoms with Crippen molar-refractivity contribution in [3.63, 3.8) is 0 Å². The zero-order valence-corrected chi connectivity index (χ0v) is 11.5. The second kappa shape index (κ2) is 5.64. The van der Waals surface area contributed by atoms with Crippen LogP contribution in [0.5, 0.6) is 0 Å². The number of pyridine rings is 1. The van der Waals surface area contributed by atoms with Crippen molar-refractivity contribution in [3.8, 4) is 11.4 Å². The lowest BCUT2D eigenvalue weighted by molar-refractivity contribution is -0.116. The van der Waals surface area contributed by atoms with Gasteiger partial charge in [0.15, 0.2) is 11.6 Å². The lowest BCUT2D eigenvalue weighted by atomic mass is 10.3. The standard InChI is InChI=1S/C13H11N5O4/c1-8-5-10(16-21-8)15-11(19)7-18-12(17-22-13(18)20)9-3-2-4-14-6-9/h2-6H,7H2,1H3,(H,15,16,19). The maximum Gasteiger partial charge on any atom is 0.442 e. The molecule has 0 saturated carbocycles. The van der Waals surface area contributed by atoms with Crippen LogP contribution in [0.3, 0.4) is 0 Å². The Morgan fingerprint density at radius 1 is 1.36 bits per heavy atom. The topological polar surface area (TPSA) is 116 Å². The van der Waals surface area contributed by atoms with Gasteiger partial charge in [0.05, 0.1) is 0 Å². The number of rotatable bonds is 4. The molecule has 0 aliphatic carbocycles. The molecule has 0 bridgehead atoms. The van der Waals surface area contributed by atoms with Crippen molar-refractivity contribution in [2.24, 2.45) is 0 Å². The Kier molecular flexibility index (Phi) is 3.52. The minimum atomic E-state index is -0.731. The Balaban J connectivity index is 1.82. The lowest BCUT2D eigenvalue weighted by Gasteiger charge is -2.04. The predicted molar refractivity (Wildman–Crippen MR) is 73.9 cm³/mol. The Labute approximate surface area is 123 Å². The van der Waals surface area contributed by atoms with E-state index in [0.717, 1.165) is 4.57 Å². The van der Waals surface area contributed by atoms with Gasteiger partial charge in [0, 0.05) is 24.0 Å². The molecule has 0 saturated heterocycles. The number of carbonyl (C=O) groups excluding carboxylic acids is 1. The molecule has 0 aliphatic rings. The lowest BCUT2D eigenvalue weighted by Crippen LogP contribution is -2.25. The highest BCUT2D eigenvalue weighted by molar-refractivity contribution is 5.89. The van der Waals surface area contributed by atoms with Crippen molar-refractivity contribution in [2.75, 3.05) is 5.32 Å². The summed E-state index contributed by atoms with van der Waals surface area (Å²) in [4.78, 5) is 27.6. The fourth-order valence-electron chi connectivity index (χ4n) is 1.86. The van der Waals surface area contributed by atoms with E-state index in [0.29, 0.717) is 11.3 Å². The minimum Gasteiger partial charge on any atom is -0.360 e. The van der Waals surface area contributed by atoms with Crippen LogP contribution in [0.2, 0.25) is 0 Å². The van der Waals surface area contributed by atoms with Gasteiger partial charge in [-0.2, -0.15) is 0 Å². The smallest absolute Gasteiger partial charge is 0.360 e. The molecule has 0 fully saturated rings. The number of nitrogens with zero attached hydrogens (tertiary/aromatic N) is 4. The first-order valence-electron chi connectivity index (χ1n) is 6.33. The summed E-state index contributed by atoms with van der Waals surface area (Å²) in [6, 6.07) is 4.97. The Bertz CT molecular complexity index is 849. The molecule has 1 N–H and O–H groups in total. The highest BCUT2D eigenvalue weighted by atomic mass is 16.5. The second-order valence-corrected chi connectivity index (χ2v) is 4.47. The highest BCUT2D eigenvalue weighted by Crippen LogP contribution is 2.14. The number of aryl methyl sites for hydroxylation is 1. The summed E-state index contributed by atoms with van der Waals surface area (Å²) in [5, 5.41) is 9.83. The molecule has 3 heterocycles. The summed E-state index contributed by atoms with van der Waals surface area (Å²) >= 11 is 0. The number of hydrogen-bond donors (Lipinski definition) is 1.